The number of aliphatic hydroxyl groups excluding tert-OH is 1. The van der Waals surface area contributed by atoms with Crippen LogP contribution in [0.2, 0.25) is 0 Å². The van der Waals surface area contributed by atoms with Gasteiger partial charge < -0.3 is 9.84 Å². The maximum Gasteiger partial charge on any atom is 0.306 e. The Labute approximate surface area is 60.3 Å². The van der Waals surface area contributed by atoms with Crippen molar-refractivity contribution in [2.24, 2.45) is 0 Å². The fraction of sp³-hybridized carbons (Fsp3) is 0.571. The van der Waals surface area contributed by atoms with E-state index in [-0.39, 0.29) is 12.6 Å². The highest BCUT2D eigenvalue weighted by Gasteiger charge is 2.06. The molecule has 1 unspecified atom stereocenters. The molecule has 0 saturated carbocycles. The van der Waals surface area contributed by atoms with E-state index in [0.29, 0.717) is 6.42 Å². The van der Waals surface area contributed by atoms with E-state index in [9.17, 15) is 4.79 Å². The van der Waals surface area contributed by atoms with Gasteiger partial charge in [-0.1, -0.05) is 13.5 Å². The Bertz CT molecular complexity index is 120. The highest BCUT2D eigenvalue weighted by atomic mass is 16.5. The minimum Gasteiger partial charge on any atom is -0.456 e. The van der Waals surface area contributed by atoms with Crippen molar-refractivity contribution in [3.8, 4) is 0 Å². The van der Waals surface area contributed by atoms with E-state index in [1.165, 1.54) is 6.08 Å². The van der Waals surface area contributed by atoms with Crippen LogP contribution in [-0.4, -0.2) is 23.8 Å². The molecule has 58 valence electrons. The van der Waals surface area contributed by atoms with Crippen molar-refractivity contribution in [3.63, 3.8) is 0 Å². The van der Waals surface area contributed by atoms with Gasteiger partial charge in [-0.25, -0.2) is 0 Å². The number of rotatable bonds is 4. The molecule has 0 heterocycles. The molecule has 10 heavy (non-hydrogen) atoms. The molecule has 0 aromatic rings. The molecule has 0 fully saturated rings. The lowest BCUT2D eigenvalue weighted by molar-refractivity contribution is -0.148. The summed E-state index contributed by atoms with van der Waals surface area (Å²) >= 11 is 0. The van der Waals surface area contributed by atoms with Gasteiger partial charge in [-0.05, 0) is 6.08 Å². The zero-order valence-electron chi connectivity index (χ0n) is 6.04. The second-order valence-corrected chi connectivity index (χ2v) is 1.80. The Morgan fingerprint density at radius 2 is 2.50 bits per heavy atom. The van der Waals surface area contributed by atoms with Gasteiger partial charge in [-0.15, -0.1) is 0 Å². The molecule has 0 saturated heterocycles. The van der Waals surface area contributed by atoms with Crippen molar-refractivity contribution in [2.75, 3.05) is 6.61 Å². The summed E-state index contributed by atoms with van der Waals surface area (Å²) in [7, 11) is 0. The van der Waals surface area contributed by atoms with Gasteiger partial charge in [0.15, 0.2) is 0 Å². The third-order valence-electron chi connectivity index (χ3n) is 1.01. The van der Waals surface area contributed by atoms with Gasteiger partial charge in [0.1, 0.15) is 6.10 Å². The number of aliphatic hydroxyl groups is 1. The number of ether oxygens (including phenoxy) is 1. The number of hydrogen-bond acceptors (Lipinski definition) is 3. The molecule has 1 atom stereocenters. The lowest BCUT2D eigenvalue weighted by atomic mass is 10.4. The van der Waals surface area contributed by atoms with E-state index in [0.717, 1.165) is 0 Å². The van der Waals surface area contributed by atoms with E-state index in [2.05, 4.69) is 6.58 Å². The van der Waals surface area contributed by atoms with Crippen molar-refractivity contribution in [1.29, 1.82) is 0 Å². The summed E-state index contributed by atoms with van der Waals surface area (Å²) < 4.78 is 4.69. The number of hydrogen-bond donors (Lipinski definition) is 1. The third kappa shape index (κ3) is 3.25. The van der Waals surface area contributed by atoms with Gasteiger partial charge in [-0.3, -0.25) is 4.79 Å². The second kappa shape index (κ2) is 4.99. The third-order valence-corrected chi connectivity index (χ3v) is 1.01. The summed E-state index contributed by atoms with van der Waals surface area (Å²) in [6.45, 7) is 4.88. The number of esters is 1. The highest BCUT2D eigenvalue weighted by molar-refractivity contribution is 5.69. The summed E-state index contributed by atoms with van der Waals surface area (Å²) in [5.41, 5.74) is 0. The minimum atomic E-state index is -0.549. The van der Waals surface area contributed by atoms with Crippen LogP contribution in [0.15, 0.2) is 12.7 Å². The van der Waals surface area contributed by atoms with E-state index in [1.807, 2.05) is 0 Å². The normalized spacial score (nSPS) is 12.2. The molecule has 0 aromatic heterocycles. The average molecular weight is 144 g/mol. The van der Waals surface area contributed by atoms with Crippen molar-refractivity contribution >= 4 is 5.97 Å². The molecule has 3 nitrogen and oxygen atoms in total. The predicted octanol–water partition coefficient (Wildman–Crippen LogP) is 0.486. The van der Waals surface area contributed by atoms with Crippen molar-refractivity contribution < 1.29 is 14.6 Å². The Morgan fingerprint density at radius 3 is 2.80 bits per heavy atom. The summed E-state index contributed by atoms with van der Waals surface area (Å²) in [5, 5.41) is 8.52. The molecular formula is C7H12O3. The molecule has 0 bridgehead atoms. The van der Waals surface area contributed by atoms with Gasteiger partial charge in [-0.2, -0.15) is 0 Å². The molecule has 0 aliphatic rings. The molecule has 0 radical (unpaired) electrons. The quantitative estimate of drug-likeness (QED) is 0.461. The Balaban J connectivity index is 3.62. The summed E-state index contributed by atoms with van der Waals surface area (Å²) in [5.74, 6) is -0.320. The van der Waals surface area contributed by atoms with Gasteiger partial charge in [0.25, 0.3) is 0 Å². The standard InChI is InChI=1S/C7H12O3/c1-3-6(5-8)10-7(9)4-2/h3,6,8H,1,4-5H2,2H3. The molecule has 1 N–H and O–H groups in total. The molecule has 3 heteroatoms. The first kappa shape index (κ1) is 9.17. The monoisotopic (exact) mass is 144 g/mol. The predicted molar refractivity (Wildman–Crippen MR) is 37.5 cm³/mol. The topological polar surface area (TPSA) is 46.5 Å². The van der Waals surface area contributed by atoms with Gasteiger partial charge in [0.2, 0.25) is 0 Å². The van der Waals surface area contributed by atoms with Crippen molar-refractivity contribution in [2.45, 2.75) is 19.4 Å². The Kier molecular flexibility index (Phi) is 4.58. The van der Waals surface area contributed by atoms with Gasteiger partial charge >= 0.3 is 5.97 Å². The molecule has 0 aliphatic heterocycles. The first-order valence-corrected chi connectivity index (χ1v) is 3.17. The van der Waals surface area contributed by atoms with E-state index in [1.54, 1.807) is 6.92 Å². The molecule has 0 aromatic carbocycles. The first-order chi connectivity index (χ1) is 4.74. The summed E-state index contributed by atoms with van der Waals surface area (Å²) in [4.78, 5) is 10.6. The van der Waals surface area contributed by atoms with Crippen LogP contribution in [-0.2, 0) is 9.53 Å². The average Bonchev–Trinajstić information content (AvgIpc) is 1.99. The maximum absolute atomic E-state index is 10.6. The lowest BCUT2D eigenvalue weighted by Crippen LogP contribution is -2.18. The molecule has 0 spiro atoms. The van der Waals surface area contributed by atoms with Crippen molar-refractivity contribution in [3.05, 3.63) is 12.7 Å². The lowest BCUT2D eigenvalue weighted by Gasteiger charge is -2.08. The molecule has 0 amide bonds. The fourth-order valence-corrected chi connectivity index (χ4v) is 0.412. The van der Waals surface area contributed by atoms with Crippen LogP contribution in [0.1, 0.15) is 13.3 Å². The Hall–Kier alpha value is -0.830. The van der Waals surface area contributed by atoms with E-state index >= 15 is 0 Å². The fourth-order valence-electron chi connectivity index (χ4n) is 0.412. The van der Waals surface area contributed by atoms with Crippen LogP contribution in [0, 0.1) is 0 Å². The van der Waals surface area contributed by atoms with Crippen molar-refractivity contribution in [1.82, 2.24) is 0 Å². The minimum absolute atomic E-state index is 0.199. The van der Waals surface area contributed by atoms with Crippen LogP contribution < -0.4 is 0 Å². The van der Waals surface area contributed by atoms with Crippen LogP contribution in [0.4, 0.5) is 0 Å². The van der Waals surface area contributed by atoms with Crippen LogP contribution in [0.3, 0.4) is 0 Å². The maximum atomic E-state index is 10.6. The zero-order chi connectivity index (χ0) is 7.98. The summed E-state index contributed by atoms with van der Waals surface area (Å²) in [6, 6.07) is 0. The molecular weight excluding hydrogens is 132 g/mol. The van der Waals surface area contributed by atoms with E-state index < -0.39 is 6.10 Å². The van der Waals surface area contributed by atoms with E-state index in [4.69, 9.17) is 9.84 Å². The zero-order valence-corrected chi connectivity index (χ0v) is 6.04. The SMILES string of the molecule is C=CC(CO)OC(=O)CC. The molecule has 0 rings (SSSR count). The van der Waals surface area contributed by atoms with Crippen LogP contribution >= 0.6 is 0 Å². The second-order valence-electron chi connectivity index (χ2n) is 1.80. The smallest absolute Gasteiger partial charge is 0.306 e. The van der Waals surface area contributed by atoms with Crippen LogP contribution in [0.25, 0.3) is 0 Å². The molecule has 0 aliphatic carbocycles. The van der Waals surface area contributed by atoms with Gasteiger partial charge in [0.05, 0.1) is 6.61 Å². The largest absolute Gasteiger partial charge is 0.456 e. The first-order valence-electron chi connectivity index (χ1n) is 3.17. The van der Waals surface area contributed by atoms with Gasteiger partial charge in [0, 0.05) is 6.42 Å². The highest BCUT2D eigenvalue weighted by Crippen LogP contribution is 1.94. The number of carbonyl (C=O) groups is 1. The summed E-state index contributed by atoms with van der Waals surface area (Å²) in [6.07, 6.45) is 1.17. The number of carbonyl (C=O) groups excluding carboxylic acids is 1. The Morgan fingerprint density at radius 1 is 1.90 bits per heavy atom. The van der Waals surface area contributed by atoms with Crippen LogP contribution in [0.5, 0.6) is 0 Å².